The first kappa shape index (κ1) is 25.7. The van der Waals surface area contributed by atoms with E-state index >= 15 is 0 Å². The van der Waals surface area contributed by atoms with Crippen LogP contribution >= 0.6 is 11.6 Å². The lowest BCUT2D eigenvalue weighted by Gasteiger charge is -2.30. The molecule has 6 heteroatoms. The Labute approximate surface area is 228 Å². The lowest BCUT2D eigenvalue weighted by molar-refractivity contribution is 0.0792. The van der Waals surface area contributed by atoms with Gasteiger partial charge in [0.2, 0.25) is 11.6 Å². The van der Waals surface area contributed by atoms with E-state index in [-0.39, 0.29) is 17.5 Å². The number of nitrogens with zero attached hydrogens (tertiary/aromatic N) is 3. The molecule has 0 saturated heterocycles. The predicted octanol–water partition coefficient (Wildman–Crippen LogP) is 7.95. The third kappa shape index (κ3) is 5.34. The van der Waals surface area contributed by atoms with Gasteiger partial charge in [0.05, 0.1) is 5.69 Å². The van der Waals surface area contributed by atoms with Crippen LogP contribution in [-0.4, -0.2) is 28.6 Å². The highest BCUT2D eigenvalue weighted by atomic mass is 35.5. The molecular formula is C32H30ClN3O2. The van der Waals surface area contributed by atoms with Gasteiger partial charge in [-0.25, -0.2) is 5.01 Å². The highest BCUT2D eigenvalue weighted by Gasteiger charge is 2.42. The molecule has 0 saturated carbocycles. The third-order valence-electron chi connectivity index (χ3n) is 6.87. The van der Waals surface area contributed by atoms with Gasteiger partial charge in [-0.15, -0.1) is 5.10 Å². The predicted molar refractivity (Wildman–Crippen MR) is 155 cm³/mol. The summed E-state index contributed by atoms with van der Waals surface area (Å²) in [5, 5.41) is 9.24. The summed E-state index contributed by atoms with van der Waals surface area (Å²) in [6, 6.07) is 29.9. The number of rotatable bonds is 9. The summed E-state index contributed by atoms with van der Waals surface area (Å²) in [4.78, 5) is 29.6. The number of amides is 1. The van der Waals surface area contributed by atoms with Gasteiger partial charge < -0.3 is 0 Å². The van der Waals surface area contributed by atoms with Crippen molar-refractivity contribution in [3.63, 3.8) is 0 Å². The lowest BCUT2D eigenvalue weighted by atomic mass is 10.0. The first-order valence-corrected chi connectivity index (χ1v) is 13.5. The first-order chi connectivity index (χ1) is 18.6. The van der Waals surface area contributed by atoms with Crippen LogP contribution in [0.2, 0.25) is 5.02 Å². The fraction of sp³-hybridized carbons (Fsp3) is 0.219. The van der Waals surface area contributed by atoms with E-state index in [2.05, 4.69) is 6.92 Å². The molecule has 5 rings (SSSR count). The highest BCUT2D eigenvalue weighted by molar-refractivity contribution is 6.48. The zero-order valence-corrected chi connectivity index (χ0v) is 22.1. The third-order valence-corrected chi connectivity index (χ3v) is 7.12. The molecule has 0 N–H and O–H groups in total. The van der Waals surface area contributed by atoms with E-state index in [9.17, 15) is 9.59 Å². The molecule has 0 fully saturated rings. The van der Waals surface area contributed by atoms with Gasteiger partial charge in [0, 0.05) is 16.1 Å². The van der Waals surface area contributed by atoms with Gasteiger partial charge in [0.25, 0.3) is 5.91 Å². The van der Waals surface area contributed by atoms with E-state index in [1.165, 1.54) is 0 Å². The molecule has 0 aromatic heterocycles. The van der Waals surface area contributed by atoms with Crippen LogP contribution < -0.4 is 5.01 Å². The van der Waals surface area contributed by atoms with Crippen molar-refractivity contribution >= 4 is 45.6 Å². The summed E-state index contributed by atoms with van der Waals surface area (Å²) in [5.41, 5.74) is 1.79. The molecule has 0 radical (unpaired) electrons. The van der Waals surface area contributed by atoms with Crippen LogP contribution in [0.4, 0.5) is 5.69 Å². The van der Waals surface area contributed by atoms with E-state index in [0.29, 0.717) is 22.6 Å². The van der Waals surface area contributed by atoms with E-state index in [1.807, 2.05) is 66.7 Å². The van der Waals surface area contributed by atoms with Crippen molar-refractivity contribution in [1.29, 1.82) is 0 Å². The smallest absolute Gasteiger partial charge is 0.261 e. The van der Waals surface area contributed by atoms with Gasteiger partial charge in [0.1, 0.15) is 6.17 Å². The minimum absolute atomic E-state index is 0.129. The van der Waals surface area contributed by atoms with Crippen LogP contribution in [0, 0.1) is 0 Å². The van der Waals surface area contributed by atoms with Gasteiger partial charge >= 0.3 is 0 Å². The summed E-state index contributed by atoms with van der Waals surface area (Å²) < 4.78 is 0. The van der Waals surface area contributed by atoms with Gasteiger partial charge in [-0.3, -0.25) is 14.5 Å². The normalized spacial score (nSPS) is 15.1. The zero-order chi connectivity index (χ0) is 26.5. The minimum atomic E-state index is -0.430. The van der Waals surface area contributed by atoms with Gasteiger partial charge in [-0.1, -0.05) is 92.4 Å². The molecular weight excluding hydrogens is 494 g/mol. The Morgan fingerprint density at radius 2 is 1.50 bits per heavy atom. The van der Waals surface area contributed by atoms with Crippen LogP contribution in [0.25, 0.3) is 10.8 Å². The summed E-state index contributed by atoms with van der Waals surface area (Å²) in [6.07, 6.45) is 4.43. The Morgan fingerprint density at radius 1 is 0.789 bits per heavy atom. The number of hydrogen-bond donors (Lipinski definition) is 0. The maximum absolute atomic E-state index is 14.0. The number of carbonyl (C=O) groups is 2. The quantitative estimate of drug-likeness (QED) is 0.165. The second-order valence-electron chi connectivity index (χ2n) is 9.51. The maximum Gasteiger partial charge on any atom is 0.261 e. The van der Waals surface area contributed by atoms with Gasteiger partial charge in [-0.2, -0.15) is 0 Å². The second-order valence-corrected chi connectivity index (χ2v) is 9.94. The first-order valence-electron chi connectivity index (χ1n) is 13.1. The van der Waals surface area contributed by atoms with Crippen LogP contribution in [0.3, 0.4) is 0 Å². The van der Waals surface area contributed by atoms with Gasteiger partial charge in [-0.05, 0) is 66.1 Å². The van der Waals surface area contributed by atoms with Crippen molar-refractivity contribution in [3.05, 3.63) is 113 Å². The average molecular weight is 524 g/mol. The summed E-state index contributed by atoms with van der Waals surface area (Å²) in [5.74, 6) is -0.393. The SMILES string of the molecule is CCCCCCC1N(C(=O)c2ccccc2)C(C(=O)c2ccc3ccccc3c2)=NN1c1ccc(Cl)cc1. The van der Waals surface area contributed by atoms with Crippen LogP contribution in [0.5, 0.6) is 0 Å². The molecule has 1 atom stereocenters. The van der Waals surface area contributed by atoms with E-state index in [1.54, 1.807) is 40.2 Å². The zero-order valence-electron chi connectivity index (χ0n) is 21.4. The molecule has 4 aromatic rings. The number of carbonyl (C=O) groups excluding carboxylic acids is 2. The molecule has 4 aromatic carbocycles. The van der Waals surface area contributed by atoms with Crippen LogP contribution in [0.15, 0.2) is 102 Å². The number of halogens is 1. The summed E-state index contributed by atoms with van der Waals surface area (Å²) in [7, 11) is 0. The van der Waals surface area contributed by atoms with Crippen molar-refractivity contribution in [3.8, 4) is 0 Å². The lowest BCUT2D eigenvalue weighted by Crippen LogP contribution is -2.48. The second kappa shape index (κ2) is 11.6. The molecule has 1 heterocycles. The molecule has 1 amide bonds. The van der Waals surface area contributed by atoms with Crippen LogP contribution in [0.1, 0.15) is 59.7 Å². The molecule has 5 nitrogen and oxygen atoms in total. The average Bonchev–Trinajstić information content (AvgIpc) is 3.34. The van der Waals surface area contributed by atoms with Crippen molar-refractivity contribution in [2.45, 2.75) is 45.2 Å². The molecule has 1 aliphatic heterocycles. The highest BCUT2D eigenvalue weighted by Crippen LogP contribution is 2.32. The fourth-order valence-corrected chi connectivity index (χ4v) is 4.99. The molecule has 192 valence electrons. The molecule has 0 spiro atoms. The van der Waals surface area contributed by atoms with Crippen molar-refractivity contribution in [2.75, 3.05) is 5.01 Å². The largest absolute Gasteiger partial charge is 0.285 e. The maximum atomic E-state index is 14.0. The summed E-state index contributed by atoms with van der Waals surface area (Å²) >= 11 is 6.17. The fourth-order valence-electron chi connectivity index (χ4n) is 4.86. The number of benzene rings is 4. The van der Waals surface area contributed by atoms with E-state index < -0.39 is 6.17 Å². The number of Topliss-reactive ketones (excluding diaryl/α,β-unsaturated/α-hetero) is 1. The minimum Gasteiger partial charge on any atom is -0.285 e. The van der Waals surface area contributed by atoms with E-state index in [0.717, 1.165) is 42.1 Å². The molecule has 38 heavy (non-hydrogen) atoms. The van der Waals surface area contributed by atoms with Crippen molar-refractivity contribution < 1.29 is 9.59 Å². The Balaban J connectivity index is 1.59. The molecule has 0 bridgehead atoms. The summed E-state index contributed by atoms with van der Waals surface area (Å²) in [6.45, 7) is 2.17. The number of hydrogen-bond acceptors (Lipinski definition) is 4. The Bertz CT molecular complexity index is 1470. The van der Waals surface area contributed by atoms with E-state index in [4.69, 9.17) is 16.7 Å². The van der Waals surface area contributed by atoms with Crippen molar-refractivity contribution in [2.24, 2.45) is 5.10 Å². The van der Waals surface area contributed by atoms with Gasteiger partial charge in [0.15, 0.2) is 0 Å². The Morgan fingerprint density at radius 3 is 2.24 bits per heavy atom. The molecule has 0 aliphatic carbocycles. The van der Waals surface area contributed by atoms with Crippen LogP contribution in [-0.2, 0) is 0 Å². The number of hydrazone groups is 1. The topological polar surface area (TPSA) is 53.0 Å². The number of unbranched alkanes of at least 4 members (excludes halogenated alkanes) is 3. The number of anilines is 1. The number of ketones is 1. The molecule has 1 unspecified atom stereocenters. The Hall–Kier alpha value is -3.96. The number of fused-ring (bicyclic) bond motifs is 1. The monoisotopic (exact) mass is 523 g/mol. The standard InChI is InChI=1S/C32H30ClN3O2/c1-2-3-4-8-15-29-35(32(38)24-12-6-5-7-13-24)31(34-36(29)28-20-18-27(33)19-21-28)30(37)26-17-16-23-11-9-10-14-25(23)22-26/h5-7,9-14,16-22,29H,2-4,8,15H2,1H3. The molecule has 1 aliphatic rings. The Kier molecular flexibility index (Phi) is 7.85. The number of amidine groups is 1. The van der Waals surface area contributed by atoms with Crippen molar-refractivity contribution in [1.82, 2.24) is 4.90 Å².